The Morgan fingerprint density at radius 2 is 2.00 bits per heavy atom. The van der Waals surface area contributed by atoms with Gasteiger partial charge in [-0.1, -0.05) is 12.1 Å². The summed E-state index contributed by atoms with van der Waals surface area (Å²) < 4.78 is 13.1. The van der Waals surface area contributed by atoms with Crippen LogP contribution >= 0.6 is 0 Å². The van der Waals surface area contributed by atoms with E-state index < -0.39 is 0 Å². The van der Waals surface area contributed by atoms with Crippen molar-refractivity contribution in [3.05, 3.63) is 35.1 Å². The summed E-state index contributed by atoms with van der Waals surface area (Å²) in [6, 6.07) is 4.83. The molecule has 18 heavy (non-hydrogen) atoms. The minimum atomic E-state index is -0.266. The van der Waals surface area contributed by atoms with Crippen LogP contribution in [0.3, 0.4) is 0 Å². The van der Waals surface area contributed by atoms with E-state index in [-0.39, 0.29) is 23.8 Å². The molecule has 0 bridgehead atoms. The molecule has 0 aliphatic carbocycles. The minimum Gasteiger partial charge on any atom is -0.353 e. The number of carbonyl (C=O) groups is 1. The van der Waals surface area contributed by atoms with Gasteiger partial charge < -0.3 is 10.6 Å². The van der Waals surface area contributed by atoms with Gasteiger partial charge in [0, 0.05) is 12.6 Å². The third-order valence-corrected chi connectivity index (χ3v) is 2.66. The number of benzene rings is 1. The van der Waals surface area contributed by atoms with Crippen LogP contribution in [-0.2, 0) is 11.3 Å². The van der Waals surface area contributed by atoms with Crippen LogP contribution in [0, 0.1) is 12.7 Å². The first-order chi connectivity index (χ1) is 8.40. The molecular formula is C14H21FN2O. The standard InChI is InChI=1S/C14H21FN2O/c1-9(2)17-14(18)11(4)16-8-12-5-6-13(15)10(3)7-12/h5-7,9,11,16H,8H2,1-4H3,(H,17,18). The fraction of sp³-hybridized carbons (Fsp3) is 0.500. The smallest absolute Gasteiger partial charge is 0.237 e. The third-order valence-electron chi connectivity index (χ3n) is 2.66. The maximum absolute atomic E-state index is 13.1. The average Bonchev–Trinajstić information content (AvgIpc) is 2.29. The van der Waals surface area contributed by atoms with Crippen molar-refractivity contribution >= 4 is 5.91 Å². The average molecular weight is 252 g/mol. The largest absolute Gasteiger partial charge is 0.353 e. The highest BCUT2D eigenvalue weighted by Crippen LogP contribution is 2.09. The van der Waals surface area contributed by atoms with E-state index in [1.54, 1.807) is 19.1 Å². The lowest BCUT2D eigenvalue weighted by Gasteiger charge is -2.16. The number of halogens is 1. The van der Waals surface area contributed by atoms with Gasteiger partial charge in [0.1, 0.15) is 5.82 Å². The summed E-state index contributed by atoms with van der Waals surface area (Å²) in [5, 5.41) is 5.95. The monoisotopic (exact) mass is 252 g/mol. The first-order valence-corrected chi connectivity index (χ1v) is 6.19. The lowest BCUT2D eigenvalue weighted by atomic mass is 10.1. The van der Waals surface area contributed by atoms with Gasteiger partial charge in [0.2, 0.25) is 5.91 Å². The van der Waals surface area contributed by atoms with E-state index in [2.05, 4.69) is 10.6 Å². The fourth-order valence-electron chi connectivity index (χ4n) is 1.59. The van der Waals surface area contributed by atoms with Gasteiger partial charge in [0.15, 0.2) is 0 Å². The van der Waals surface area contributed by atoms with E-state index in [1.807, 2.05) is 20.8 Å². The van der Waals surface area contributed by atoms with E-state index in [0.717, 1.165) is 5.56 Å². The Hall–Kier alpha value is -1.42. The molecule has 0 aliphatic rings. The summed E-state index contributed by atoms with van der Waals surface area (Å²) in [5.74, 6) is -0.229. The topological polar surface area (TPSA) is 41.1 Å². The Balaban J connectivity index is 2.49. The van der Waals surface area contributed by atoms with Gasteiger partial charge in [-0.15, -0.1) is 0 Å². The van der Waals surface area contributed by atoms with E-state index in [1.165, 1.54) is 6.07 Å². The molecule has 0 saturated heterocycles. The molecule has 0 saturated carbocycles. The Morgan fingerprint density at radius 1 is 1.33 bits per heavy atom. The maximum atomic E-state index is 13.1. The van der Waals surface area contributed by atoms with Gasteiger partial charge in [0.05, 0.1) is 6.04 Å². The minimum absolute atomic E-state index is 0.0242. The van der Waals surface area contributed by atoms with Crippen LogP contribution in [0.4, 0.5) is 4.39 Å². The highest BCUT2D eigenvalue weighted by molar-refractivity contribution is 5.81. The number of aryl methyl sites for hydroxylation is 1. The second-order valence-electron chi connectivity index (χ2n) is 4.85. The van der Waals surface area contributed by atoms with Crippen molar-refractivity contribution in [3.8, 4) is 0 Å². The fourth-order valence-corrected chi connectivity index (χ4v) is 1.59. The molecule has 1 amide bonds. The van der Waals surface area contributed by atoms with Crippen LogP contribution in [0.5, 0.6) is 0 Å². The number of hydrogen-bond donors (Lipinski definition) is 2. The first kappa shape index (κ1) is 14.6. The van der Waals surface area contributed by atoms with Crippen LogP contribution in [0.1, 0.15) is 31.9 Å². The zero-order valence-electron chi connectivity index (χ0n) is 11.4. The van der Waals surface area contributed by atoms with Crippen LogP contribution < -0.4 is 10.6 Å². The maximum Gasteiger partial charge on any atom is 0.237 e. The van der Waals surface area contributed by atoms with Crippen molar-refractivity contribution in [1.82, 2.24) is 10.6 Å². The van der Waals surface area contributed by atoms with Gasteiger partial charge >= 0.3 is 0 Å². The Kier molecular flexibility index (Phi) is 5.28. The predicted molar refractivity (Wildman–Crippen MR) is 70.7 cm³/mol. The summed E-state index contributed by atoms with van der Waals surface area (Å²) >= 11 is 0. The molecule has 4 heteroatoms. The van der Waals surface area contributed by atoms with E-state index in [0.29, 0.717) is 12.1 Å². The van der Waals surface area contributed by atoms with Gasteiger partial charge in [-0.3, -0.25) is 4.79 Å². The molecule has 2 N–H and O–H groups in total. The van der Waals surface area contributed by atoms with Crippen molar-refractivity contribution in [2.45, 2.75) is 46.3 Å². The Labute approximate surface area is 108 Å². The van der Waals surface area contributed by atoms with E-state index >= 15 is 0 Å². The molecule has 100 valence electrons. The van der Waals surface area contributed by atoms with Gasteiger partial charge in [-0.25, -0.2) is 4.39 Å². The van der Waals surface area contributed by atoms with Gasteiger partial charge in [0.25, 0.3) is 0 Å². The molecule has 1 aromatic carbocycles. The van der Waals surface area contributed by atoms with Crippen LogP contribution in [0.2, 0.25) is 0 Å². The molecule has 1 rings (SSSR count). The molecule has 1 atom stereocenters. The summed E-state index contributed by atoms with van der Waals surface area (Å²) in [6.07, 6.45) is 0. The number of rotatable bonds is 5. The number of amides is 1. The summed E-state index contributed by atoms with van der Waals surface area (Å²) in [5.41, 5.74) is 1.59. The molecule has 1 aromatic rings. The molecular weight excluding hydrogens is 231 g/mol. The Morgan fingerprint density at radius 3 is 2.56 bits per heavy atom. The predicted octanol–water partition coefficient (Wildman–Crippen LogP) is 2.14. The first-order valence-electron chi connectivity index (χ1n) is 6.19. The Bertz CT molecular complexity index is 418. The zero-order chi connectivity index (χ0) is 13.7. The SMILES string of the molecule is Cc1cc(CNC(C)C(=O)NC(C)C)ccc1F. The van der Waals surface area contributed by atoms with Gasteiger partial charge in [-0.05, 0) is 44.9 Å². The second-order valence-corrected chi connectivity index (χ2v) is 4.85. The van der Waals surface area contributed by atoms with E-state index in [9.17, 15) is 9.18 Å². The molecule has 0 aromatic heterocycles. The molecule has 3 nitrogen and oxygen atoms in total. The van der Waals surface area contributed by atoms with Crippen molar-refractivity contribution in [3.63, 3.8) is 0 Å². The molecule has 1 unspecified atom stereocenters. The second kappa shape index (κ2) is 6.50. The number of nitrogens with one attached hydrogen (secondary N) is 2. The number of hydrogen-bond acceptors (Lipinski definition) is 2. The van der Waals surface area contributed by atoms with Crippen molar-refractivity contribution in [2.24, 2.45) is 0 Å². The third kappa shape index (κ3) is 4.45. The van der Waals surface area contributed by atoms with E-state index in [4.69, 9.17) is 0 Å². The van der Waals surface area contributed by atoms with Crippen molar-refractivity contribution in [2.75, 3.05) is 0 Å². The van der Waals surface area contributed by atoms with Crippen molar-refractivity contribution in [1.29, 1.82) is 0 Å². The van der Waals surface area contributed by atoms with Crippen LogP contribution in [0.25, 0.3) is 0 Å². The quantitative estimate of drug-likeness (QED) is 0.843. The highest BCUT2D eigenvalue weighted by atomic mass is 19.1. The molecule has 0 aliphatic heterocycles. The zero-order valence-corrected chi connectivity index (χ0v) is 11.4. The summed E-state index contributed by atoms with van der Waals surface area (Å²) in [6.45, 7) is 7.94. The summed E-state index contributed by atoms with van der Waals surface area (Å²) in [4.78, 5) is 11.7. The lowest BCUT2D eigenvalue weighted by Crippen LogP contribution is -2.44. The van der Waals surface area contributed by atoms with Crippen molar-refractivity contribution < 1.29 is 9.18 Å². The molecule has 0 heterocycles. The summed E-state index contributed by atoms with van der Waals surface area (Å²) in [7, 11) is 0. The number of carbonyl (C=O) groups excluding carboxylic acids is 1. The lowest BCUT2D eigenvalue weighted by molar-refractivity contribution is -0.123. The molecule has 0 radical (unpaired) electrons. The molecule has 0 fully saturated rings. The van der Waals surface area contributed by atoms with Crippen LogP contribution in [-0.4, -0.2) is 18.0 Å². The van der Waals surface area contributed by atoms with Crippen LogP contribution in [0.15, 0.2) is 18.2 Å². The highest BCUT2D eigenvalue weighted by Gasteiger charge is 2.12. The molecule has 0 spiro atoms. The van der Waals surface area contributed by atoms with Gasteiger partial charge in [-0.2, -0.15) is 0 Å². The normalized spacial score (nSPS) is 12.6.